The van der Waals surface area contributed by atoms with Gasteiger partial charge in [0.25, 0.3) is 0 Å². The molecule has 1 aliphatic carbocycles. The quantitative estimate of drug-likeness (QED) is 0.545. The molecule has 4 atom stereocenters. The Morgan fingerprint density at radius 2 is 2.29 bits per heavy atom. The molecular weight excluding hydrogens is 203 g/mol. The number of aliphatic hydroxyl groups is 1. The zero-order valence-electron chi connectivity index (χ0n) is 8.27. The molecule has 0 aromatic heterocycles. The highest BCUT2D eigenvalue weighted by Gasteiger charge is 2.49. The molecule has 0 aromatic carbocycles. The summed E-state index contributed by atoms with van der Waals surface area (Å²) in [6.07, 6.45) is 0.715. The molecule has 2 rings (SSSR count). The standard InChI is InChI=1S/C9H15O4P/c1-9(2)12-7-5(4-11-14)3-6(10)8(7)13-9/h3,6-8,10H,4,14H2,1-2H3/t6-,7+,8-/m0/s1. The second kappa shape index (κ2) is 3.54. The van der Waals surface area contributed by atoms with Crippen molar-refractivity contribution < 1.29 is 19.1 Å². The second-order valence-electron chi connectivity index (χ2n) is 4.06. The van der Waals surface area contributed by atoms with Crippen molar-refractivity contribution in [3.63, 3.8) is 0 Å². The van der Waals surface area contributed by atoms with Gasteiger partial charge in [-0.3, -0.25) is 0 Å². The van der Waals surface area contributed by atoms with Crippen molar-refractivity contribution in [1.29, 1.82) is 0 Å². The highest BCUT2D eigenvalue weighted by molar-refractivity contribution is 7.09. The normalized spacial score (nSPS) is 39.7. The smallest absolute Gasteiger partial charge is 0.164 e. The molecule has 0 saturated carbocycles. The van der Waals surface area contributed by atoms with E-state index in [0.717, 1.165) is 5.57 Å². The first-order chi connectivity index (χ1) is 6.53. The molecule has 4 nitrogen and oxygen atoms in total. The summed E-state index contributed by atoms with van der Waals surface area (Å²) in [7, 11) is 2.19. The molecule has 0 radical (unpaired) electrons. The molecule has 0 bridgehead atoms. The first-order valence-corrected chi connectivity index (χ1v) is 5.06. The number of aliphatic hydroxyl groups excluding tert-OH is 1. The van der Waals surface area contributed by atoms with Crippen LogP contribution in [0.15, 0.2) is 11.6 Å². The Kier molecular flexibility index (Phi) is 2.66. The van der Waals surface area contributed by atoms with Crippen LogP contribution in [-0.2, 0) is 14.0 Å². The van der Waals surface area contributed by atoms with Crippen molar-refractivity contribution in [2.75, 3.05) is 6.61 Å². The van der Waals surface area contributed by atoms with Gasteiger partial charge in [-0.2, -0.15) is 0 Å². The maximum absolute atomic E-state index is 9.68. The predicted octanol–water partition coefficient (Wildman–Crippen LogP) is 0.614. The van der Waals surface area contributed by atoms with Crippen LogP contribution in [-0.4, -0.2) is 35.8 Å². The van der Waals surface area contributed by atoms with Crippen LogP contribution in [0.4, 0.5) is 0 Å². The molecule has 5 heteroatoms. The van der Waals surface area contributed by atoms with Gasteiger partial charge in [0.1, 0.15) is 18.3 Å². The summed E-state index contributed by atoms with van der Waals surface area (Å²) >= 11 is 0. The van der Waals surface area contributed by atoms with E-state index in [4.69, 9.17) is 14.0 Å². The van der Waals surface area contributed by atoms with Crippen molar-refractivity contribution in [3.05, 3.63) is 11.6 Å². The molecule has 1 heterocycles. The number of ether oxygens (including phenoxy) is 2. The van der Waals surface area contributed by atoms with Crippen LogP contribution in [0.2, 0.25) is 0 Å². The van der Waals surface area contributed by atoms with E-state index < -0.39 is 11.9 Å². The first kappa shape index (κ1) is 10.5. The lowest BCUT2D eigenvalue weighted by molar-refractivity contribution is -0.153. The predicted molar refractivity (Wildman–Crippen MR) is 53.6 cm³/mol. The van der Waals surface area contributed by atoms with Gasteiger partial charge in [0.2, 0.25) is 0 Å². The topological polar surface area (TPSA) is 47.9 Å². The van der Waals surface area contributed by atoms with Crippen molar-refractivity contribution in [2.45, 2.75) is 37.9 Å². The molecule has 14 heavy (non-hydrogen) atoms. The molecular formula is C9H15O4P. The van der Waals surface area contributed by atoms with Crippen LogP contribution in [0.25, 0.3) is 0 Å². The van der Waals surface area contributed by atoms with Crippen LogP contribution in [0.5, 0.6) is 0 Å². The van der Waals surface area contributed by atoms with Crippen LogP contribution in [0.1, 0.15) is 13.8 Å². The number of fused-ring (bicyclic) bond motifs is 1. The maximum atomic E-state index is 9.68. The lowest BCUT2D eigenvalue weighted by atomic mass is 10.1. The average molecular weight is 218 g/mol. The summed E-state index contributed by atoms with van der Waals surface area (Å²) in [5, 5.41) is 9.68. The molecule has 2 aliphatic rings. The van der Waals surface area contributed by atoms with Crippen LogP contribution in [0, 0.1) is 0 Å². The van der Waals surface area contributed by atoms with Gasteiger partial charge in [0.15, 0.2) is 5.79 Å². The fraction of sp³-hybridized carbons (Fsp3) is 0.778. The highest BCUT2D eigenvalue weighted by atomic mass is 31.0. The zero-order valence-corrected chi connectivity index (χ0v) is 9.42. The van der Waals surface area contributed by atoms with E-state index >= 15 is 0 Å². The minimum Gasteiger partial charge on any atom is -0.386 e. The van der Waals surface area contributed by atoms with Crippen molar-refractivity contribution in [3.8, 4) is 0 Å². The molecule has 1 aliphatic heterocycles. The van der Waals surface area contributed by atoms with Gasteiger partial charge in [-0.1, -0.05) is 0 Å². The minimum atomic E-state index is -0.614. The van der Waals surface area contributed by atoms with Crippen LogP contribution in [0.3, 0.4) is 0 Å². The highest BCUT2D eigenvalue weighted by Crippen LogP contribution is 2.38. The van der Waals surface area contributed by atoms with Gasteiger partial charge >= 0.3 is 0 Å². The fourth-order valence-corrected chi connectivity index (χ4v) is 2.15. The average Bonchev–Trinajstić information content (AvgIpc) is 2.51. The van der Waals surface area contributed by atoms with Gasteiger partial charge < -0.3 is 19.1 Å². The lowest BCUT2D eigenvalue weighted by Crippen LogP contribution is -2.29. The van der Waals surface area contributed by atoms with Crippen molar-refractivity contribution in [2.24, 2.45) is 0 Å². The van der Waals surface area contributed by atoms with E-state index in [2.05, 4.69) is 9.47 Å². The monoisotopic (exact) mass is 218 g/mol. The Labute approximate surface area is 85.5 Å². The summed E-state index contributed by atoms with van der Waals surface area (Å²) in [5.74, 6) is -0.614. The summed E-state index contributed by atoms with van der Waals surface area (Å²) in [5.41, 5.74) is 0.947. The number of hydrogen-bond donors (Lipinski definition) is 1. The molecule has 1 N–H and O–H groups in total. The third-order valence-corrected chi connectivity index (χ3v) is 2.63. The largest absolute Gasteiger partial charge is 0.386 e. The Hall–Kier alpha value is 0.01000. The van der Waals surface area contributed by atoms with Gasteiger partial charge in [-0.15, -0.1) is 0 Å². The number of hydrogen-bond acceptors (Lipinski definition) is 4. The van der Waals surface area contributed by atoms with E-state index in [1.54, 1.807) is 6.08 Å². The lowest BCUT2D eigenvalue weighted by Gasteiger charge is -2.18. The minimum absolute atomic E-state index is 0.166. The Morgan fingerprint density at radius 3 is 2.93 bits per heavy atom. The first-order valence-electron chi connectivity index (χ1n) is 4.59. The van der Waals surface area contributed by atoms with Crippen molar-refractivity contribution >= 4 is 9.47 Å². The third-order valence-electron chi connectivity index (χ3n) is 2.47. The van der Waals surface area contributed by atoms with Gasteiger partial charge in [0, 0.05) is 9.47 Å². The zero-order chi connectivity index (χ0) is 10.3. The molecule has 1 saturated heterocycles. The maximum Gasteiger partial charge on any atom is 0.164 e. The fourth-order valence-electron chi connectivity index (χ4n) is 1.96. The van der Waals surface area contributed by atoms with Gasteiger partial charge in [0.05, 0.1) is 6.61 Å². The Morgan fingerprint density at radius 1 is 1.57 bits per heavy atom. The molecule has 0 spiro atoms. The van der Waals surface area contributed by atoms with E-state index in [-0.39, 0.29) is 12.2 Å². The Bertz CT molecular complexity index is 264. The second-order valence-corrected chi connectivity index (χ2v) is 4.40. The van der Waals surface area contributed by atoms with Crippen LogP contribution >= 0.6 is 9.47 Å². The van der Waals surface area contributed by atoms with Gasteiger partial charge in [-0.05, 0) is 25.5 Å². The molecule has 1 fully saturated rings. The van der Waals surface area contributed by atoms with E-state index in [1.165, 1.54) is 0 Å². The van der Waals surface area contributed by atoms with Crippen LogP contribution < -0.4 is 0 Å². The SMILES string of the molecule is CC1(C)O[C@@H]2[C@H](O1)C(COP)=C[C@@H]2O. The number of rotatable bonds is 2. The molecule has 1 unspecified atom stereocenters. The Balaban J connectivity index is 2.13. The third kappa shape index (κ3) is 1.73. The summed E-state index contributed by atoms with van der Waals surface area (Å²) in [6.45, 7) is 4.14. The van der Waals surface area contributed by atoms with Crippen molar-refractivity contribution in [1.82, 2.24) is 0 Å². The van der Waals surface area contributed by atoms with E-state index in [0.29, 0.717) is 6.61 Å². The van der Waals surface area contributed by atoms with Gasteiger partial charge in [-0.25, -0.2) is 0 Å². The van der Waals surface area contributed by atoms with E-state index in [9.17, 15) is 5.11 Å². The summed E-state index contributed by atoms with van der Waals surface area (Å²) in [6, 6.07) is 0. The van der Waals surface area contributed by atoms with E-state index in [1.807, 2.05) is 13.8 Å². The molecule has 0 amide bonds. The summed E-state index contributed by atoms with van der Waals surface area (Å²) in [4.78, 5) is 0. The molecule has 0 aromatic rings. The molecule has 80 valence electrons. The summed E-state index contributed by atoms with van der Waals surface area (Å²) < 4.78 is 16.2.